The molecule has 0 spiro atoms. The summed E-state index contributed by atoms with van der Waals surface area (Å²) in [5.41, 5.74) is 5.33. The number of hydrogen-bond donors (Lipinski definition) is 3. The lowest BCUT2D eigenvalue weighted by atomic mass is 10.1. The number of ether oxygens (including phenoxy) is 1. The van der Waals surface area contributed by atoms with E-state index >= 15 is 0 Å². The van der Waals surface area contributed by atoms with E-state index in [0.717, 1.165) is 13.4 Å². The van der Waals surface area contributed by atoms with Crippen LogP contribution in [0.15, 0.2) is 6.33 Å². The van der Waals surface area contributed by atoms with Crippen molar-refractivity contribution in [2.75, 3.05) is 12.8 Å². The van der Waals surface area contributed by atoms with E-state index in [4.69, 9.17) is 17.3 Å². The van der Waals surface area contributed by atoms with Crippen molar-refractivity contribution in [2.45, 2.75) is 12.2 Å². The molecule has 1 heterocycles. The summed E-state index contributed by atoms with van der Waals surface area (Å²) in [5, 5.41) is 18.9. The summed E-state index contributed by atoms with van der Waals surface area (Å²) in [4.78, 5) is 18.2. The number of hydrogen-bond acceptors (Lipinski definition) is 7. The molecule has 4 N–H and O–H groups in total. The lowest BCUT2D eigenvalue weighted by Gasteiger charge is -2.17. The molecule has 0 bridgehead atoms. The van der Waals surface area contributed by atoms with E-state index in [1.807, 2.05) is 0 Å². The first-order chi connectivity index (χ1) is 7.49. The van der Waals surface area contributed by atoms with Crippen LogP contribution in [-0.4, -0.2) is 39.4 Å². The van der Waals surface area contributed by atoms with Gasteiger partial charge in [0, 0.05) is 0 Å². The number of aliphatic hydroxyl groups is 2. The average Bonchev–Trinajstić information content (AvgIpc) is 2.26. The Morgan fingerprint density at radius 3 is 2.69 bits per heavy atom. The van der Waals surface area contributed by atoms with Crippen LogP contribution in [0.2, 0.25) is 5.15 Å². The average molecular weight is 248 g/mol. The summed E-state index contributed by atoms with van der Waals surface area (Å²) >= 11 is 5.66. The maximum Gasteiger partial charge on any atom is 0.337 e. The third-order valence-electron chi connectivity index (χ3n) is 1.90. The quantitative estimate of drug-likeness (QED) is 0.476. The zero-order chi connectivity index (χ0) is 12.3. The standard InChI is InChI=1S/C8H10ClN3O4/c1-16-8(15)5(14)4(13)3-6(9)11-2-12-7(3)10/h2,4-5,13-14H,1H3,(H2,10,11,12). The van der Waals surface area contributed by atoms with Crippen LogP contribution in [0, 0.1) is 0 Å². The van der Waals surface area contributed by atoms with Crippen molar-refractivity contribution >= 4 is 23.4 Å². The number of aromatic nitrogens is 2. The summed E-state index contributed by atoms with van der Waals surface area (Å²) < 4.78 is 4.26. The van der Waals surface area contributed by atoms with Gasteiger partial charge < -0.3 is 20.7 Å². The molecule has 0 radical (unpaired) electrons. The number of carbonyl (C=O) groups is 1. The second-order valence-corrected chi connectivity index (χ2v) is 3.23. The molecule has 1 aromatic rings. The minimum Gasteiger partial charge on any atom is -0.467 e. The maximum absolute atomic E-state index is 11.0. The minimum atomic E-state index is -1.80. The van der Waals surface area contributed by atoms with Crippen molar-refractivity contribution in [3.63, 3.8) is 0 Å². The molecule has 0 aliphatic heterocycles. The van der Waals surface area contributed by atoms with Gasteiger partial charge in [0.25, 0.3) is 0 Å². The highest BCUT2D eigenvalue weighted by molar-refractivity contribution is 6.30. The Kier molecular flexibility index (Phi) is 3.99. The molecule has 0 amide bonds. The van der Waals surface area contributed by atoms with Crippen molar-refractivity contribution in [3.8, 4) is 0 Å². The summed E-state index contributed by atoms with van der Waals surface area (Å²) in [5.74, 6) is -1.12. The van der Waals surface area contributed by atoms with E-state index < -0.39 is 18.2 Å². The first kappa shape index (κ1) is 12.6. The molecule has 8 heteroatoms. The fraction of sp³-hybridized carbons (Fsp3) is 0.375. The van der Waals surface area contributed by atoms with E-state index in [-0.39, 0.29) is 16.5 Å². The molecular formula is C8H10ClN3O4. The molecule has 0 fully saturated rings. The highest BCUT2D eigenvalue weighted by Gasteiger charge is 2.30. The van der Waals surface area contributed by atoms with Crippen molar-refractivity contribution < 1.29 is 19.7 Å². The lowest BCUT2D eigenvalue weighted by molar-refractivity contribution is -0.156. The van der Waals surface area contributed by atoms with Gasteiger partial charge in [0.05, 0.1) is 12.7 Å². The number of halogens is 1. The Morgan fingerprint density at radius 1 is 1.56 bits per heavy atom. The first-order valence-electron chi connectivity index (χ1n) is 4.18. The number of nitrogen functional groups attached to an aromatic ring is 1. The zero-order valence-electron chi connectivity index (χ0n) is 8.29. The Labute approximate surface area is 95.8 Å². The maximum atomic E-state index is 11.0. The second-order valence-electron chi connectivity index (χ2n) is 2.88. The smallest absolute Gasteiger partial charge is 0.337 e. The van der Waals surface area contributed by atoms with E-state index in [9.17, 15) is 15.0 Å². The summed E-state index contributed by atoms with van der Waals surface area (Å²) in [6, 6.07) is 0. The Bertz CT molecular complexity index is 381. The van der Waals surface area contributed by atoms with Crippen LogP contribution in [0.5, 0.6) is 0 Å². The van der Waals surface area contributed by atoms with E-state index in [2.05, 4.69) is 14.7 Å². The monoisotopic (exact) mass is 247 g/mol. The number of carbonyl (C=O) groups excluding carboxylic acids is 1. The number of methoxy groups -OCH3 is 1. The Morgan fingerprint density at radius 2 is 2.19 bits per heavy atom. The van der Waals surface area contributed by atoms with Gasteiger partial charge in [-0.3, -0.25) is 0 Å². The SMILES string of the molecule is COC(=O)C(O)C(O)c1c(N)ncnc1Cl. The molecule has 7 nitrogen and oxygen atoms in total. The third kappa shape index (κ3) is 2.38. The lowest BCUT2D eigenvalue weighted by Crippen LogP contribution is -2.30. The van der Waals surface area contributed by atoms with Gasteiger partial charge in [-0.1, -0.05) is 11.6 Å². The van der Waals surface area contributed by atoms with Crippen LogP contribution < -0.4 is 5.73 Å². The number of nitrogens with zero attached hydrogens (tertiary/aromatic N) is 2. The number of nitrogens with two attached hydrogens (primary N) is 1. The zero-order valence-corrected chi connectivity index (χ0v) is 9.05. The number of aliphatic hydroxyl groups excluding tert-OH is 2. The van der Waals surface area contributed by atoms with Crippen LogP contribution in [-0.2, 0) is 9.53 Å². The number of rotatable bonds is 3. The van der Waals surface area contributed by atoms with Gasteiger partial charge in [0.15, 0.2) is 6.10 Å². The van der Waals surface area contributed by atoms with Crippen LogP contribution in [0.1, 0.15) is 11.7 Å². The van der Waals surface area contributed by atoms with Crippen LogP contribution >= 0.6 is 11.6 Å². The van der Waals surface area contributed by atoms with E-state index in [1.54, 1.807) is 0 Å². The van der Waals surface area contributed by atoms with E-state index in [0.29, 0.717) is 0 Å². The van der Waals surface area contributed by atoms with Crippen LogP contribution in [0.3, 0.4) is 0 Å². The molecule has 0 aromatic carbocycles. The third-order valence-corrected chi connectivity index (χ3v) is 2.20. The van der Waals surface area contributed by atoms with Gasteiger partial charge in [0.2, 0.25) is 0 Å². The van der Waals surface area contributed by atoms with Gasteiger partial charge in [-0.25, -0.2) is 14.8 Å². The van der Waals surface area contributed by atoms with Crippen molar-refractivity contribution in [3.05, 3.63) is 17.0 Å². The van der Waals surface area contributed by atoms with Crippen LogP contribution in [0.25, 0.3) is 0 Å². The normalized spacial score (nSPS) is 14.2. The molecule has 2 unspecified atom stereocenters. The predicted molar refractivity (Wildman–Crippen MR) is 54.4 cm³/mol. The van der Waals surface area contributed by atoms with Crippen molar-refractivity contribution in [1.82, 2.24) is 9.97 Å². The topological polar surface area (TPSA) is 119 Å². The molecule has 0 saturated carbocycles. The highest BCUT2D eigenvalue weighted by Crippen LogP contribution is 2.27. The second kappa shape index (κ2) is 5.06. The molecule has 1 rings (SSSR count). The van der Waals surface area contributed by atoms with E-state index in [1.165, 1.54) is 0 Å². The molecule has 2 atom stereocenters. The fourth-order valence-corrected chi connectivity index (χ4v) is 1.32. The number of esters is 1. The summed E-state index contributed by atoms with van der Waals surface area (Å²) in [6.45, 7) is 0. The molecular weight excluding hydrogens is 238 g/mol. The largest absolute Gasteiger partial charge is 0.467 e. The summed E-state index contributed by atoms with van der Waals surface area (Å²) in [7, 11) is 1.07. The molecule has 0 aliphatic rings. The van der Waals surface area contributed by atoms with Crippen molar-refractivity contribution in [2.24, 2.45) is 0 Å². The molecule has 0 saturated heterocycles. The predicted octanol–water partition coefficient (Wildman–Crippen LogP) is -0.720. The Balaban J connectivity index is 3.04. The van der Waals surface area contributed by atoms with Crippen LogP contribution in [0.4, 0.5) is 5.82 Å². The molecule has 1 aromatic heterocycles. The molecule has 0 aliphatic carbocycles. The Hall–Kier alpha value is -1.44. The van der Waals surface area contributed by atoms with Gasteiger partial charge in [-0.15, -0.1) is 0 Å². The molecule has 16 heavy (non-hydrogen) atoms. The van der Waals surface area contributed by atoms with Crippen molar-refractivity contribution in [1.29, 1.82) is 0 Å². The van der Waals surface area contributed by atoms with Gasteiger partial charge in [-0.2, -0.15) is 0 Å². The highest BCUT2D eigenvalue weighted by atomic mass is 35.5. The van der Waals surface area contributed by atoms with Gasteiger partial charge in [-0.05, 0) is 0 Å². The fourth-order valence-electron chi connectivity index (χ4n) is 1.07. The van der Waals surface area contributed by atoms with Gasteiger partial charge >= 0.3 is 5.97 Å². The van der Waals surface area contributed by atoms with Gasteiger partial charge in [0.1, 0.15) is 23.4 Å². The number of anilines is 1. The molecule has 88 valence electrons. The first-order valence-corrected chi connectivity index (χ1v) is 4.56. The minimum absolute atomic E-state index is 0.109. The summed E-state index contributed by atoms with van der Waals surface area (Å²) in [6.07, 6.45) is -2.34.